The van der Waals surface area contributed by atoms with E-state index in [-0.39, 0.29) is 10.9 Å². The minimum atomic E-state index is -3.52. The van der Waals surface area contributed by atoms with Gasteiger partial charge in [0.1, 0.15) is 0 Å². The molecular weight excluding hydrogens is 264 g/mol. The predicted octanol–water partition coefficient (Wildman–Crippen LogP) is 1.10. The maximum absolute atomic E-state index is 12.5. The topological polar surface area (TPSA) is 78.1 Å². The molecule has 0 atom stereocenters. The van der Waals surface area contributed by atoms with E-state index in [0.717, 1.165) is 17.8 Å². The molecule has 0 unspecified atom stereocenters. The molecule has 0 aliphatic heterocycles. The zero-order valence-corrected chi connectivity index (χ0v) is 13.1. The Hall–Kier alpha value is -0.920. The van der Waals surface area contributed by atoms with Crippen LogP contribution in [0, 0.1) is 12.8 Å². The molecule has 19 heavy (non-hydrogen) atoms. The van der Waals surface area contributed by atoms with E-state index in [2.05, 4.69) is 15.5 Å². The van der Waals surface area contributed by atoms with Gasteiger partial charge in [0, 0.05) is 31.4 Å². The van der Waals surface area contributed by atoms with Crippen LogP contribution in [0.1, 0.15) is 32.0 Å². The van der Waals surface area contributed by atoms with E-state index in [0.29, 0.717) is 13.1 Å². The van der Waals surface area contributed by atoms with Crippen molar-refractivity contribution < 1.29 is 8.42 Å². The first-order chi connectivity index (χ1) is 8.80. The minimum Gasteiger partial charge on any atom is -0.313 e. The molecule has 0 spiro atoms. The van der Waals surface area contributed by atoms with E-state index in [9.17, 15) is 8.42 Å². The monoisotopic (exact) mass is 288 g/mol. The first-order valence-electron chi connectivity index (χ1n) is 6.51. The lowest BCUT2D eigenvalue weighted by molar-refractivity contribution is 0.414. The Labute approximate surface area is 115 Å². The Kier molecular flexibility index (Phi) is 5.51. The second kappa shape index (κ2) is 6.49. The van der Waals surface area contributed by atoms with Crippen LogP contribution < -0.4 is 5.32 Å². The van der Waals surface area contributed by atoms with Crippen LogP contribution in [0.5, 0.6) is 0 Å². The van der Waals surface area contributed by atoms with Crippen LogP contribution in [0.15, 0.2) is 5.03 Å². The highest BCUT2D eigenvalue weighted by Gasteiger charge is 2.28. The molecule has 0 aromatic carbocycles. The standard InChI is InChI=1S/C12H24N4O2S/c1-6-13-7-11-10(4)14-15-12(11)19(17,18)16(5)8-9(2)3/h9,13H,6-8H2,1-5H3,(H,14,15). The highest BCUT2D eigenvalue weighted by molar-refractivity contribution is 7.89. The van der Waals surface area contributed by atoms with Crippen molar-refractivity contribution in [2.45, 2.75) is 39.3 Å². The molecule has 1 aromatic rings. The number of sulfonamides is 1. The number of aromatic amines is 1. The summed E-state index contributed by atoms with van der Waals surface area (Å²) >= 11 is 0. The van der Waals surface area contributed by atoms with Crippen LogP contribution in [0.2, 0.25) is 0 Å². The van der Waals surface area contributed by atoms with Crippen LogP contribution in [-0.4, -0.2) is 43.1 Å². The number of aryl methyl sites for hydroxylation is 1. The molecule has 2 N–H and O–H groups in total. The fourth-order valence-corrected chi connectivity index (χ4v) is 3.35. The lowest BCUT2D eigenvalue weighted by Gasteiger charge is -2.18. The van der Waals surface area contributed by atoms with Crippen molar-refractivity contribution in [3.8, 4) is 0 Å². The molecule has 6 nitrogen and oxygen atoms in total. The van der Waals surface area contributed by atoms with Gasteiger partial charge in [-0.05, 0) is 19.4 Å². The van der Waals surface area contributed by atoms with Gasteiger partial charge < -0.3 is 5.32 Å². The third kappa shape index (κ3) is 3.77. The van der Waals surface area contributed by atoms with Gasteiger partial charge in [0.25, 0.3) is 10.0 Å². The van der Waals surface area contributed by atoms with Crippen molar-refractivity contribution in [3.63, 3.8) is 0 Å². The summed E-state index contributed by atoms with van der Waals surface area (Å²) in [5, 5.41) is 10.0. The minimum absolute atomic E-state index is 0.133. The SMILES string of the molecule is CCNCc1c(S(=O)(=O)N(C)CC(C)C)n[nH]c1C. The number of hydrogen-bond acceptors (Lipinski definition) is 4. The highest BCUT2D eigenvalue weighted by atomic mass is 32.2. The number of rotatable bonds is 7. The Morgan fingerprint density at radius 3 is 2.58 bits per heavy atom. The second-order valence-corrected chi connectivity index (χ2v) is 7.05. The van der Waals surface area contributed by atoms with Gasteiger partial charge >= 0.3 is 0 Å². The van der Waals surface area contributed by atoms with E-state index in [1.165, 1.54) is 4.31 Å². The van der Waals surface area contributed by atoms with Gasteiger partial charge in [-0.1, -0.05) is 20.8 Å². The molecular formula is C12H24N4O2S. The van der Waals surface area contributed by atoms with E-state index in [4.69, 9.17) is 0 Å². The molecule has 0 saturated heterocycles. The summed E-state index contributed by atoms with van der Waals surface area (Å²) in [6.45, 7) is 9.56. The van der Waals surface area contributed by atoms with E-state index < -0.39 is 10.0 Å². The van der Waals surface area contributed by atoms with Gasteiger partial charge in [-0.3, -0.25) is 5.10 Å². The van der Waals surface area contributed by atoms with E-state index >= 15 is 0 Å². The van der Waals surface area contributed by atoms with Gasteiger partial charge in [0.15, 0.2) is 5.03 Å². The molecule has 0 aliphatic carbocycles. The van der Waals surface area contributed by atoms with Gasteiger partial charge in [-0.2, -0.15) is 9.40 Å². The van der Waals surface area contributed by atoms with Crippen molar-refractivity contribution in [2.75, 3.05) is 20.1 Å². The van der Waals surface area contributed by atoms with Crippen LogP contribution in [0.4, 0.5) is 0 Å². The summed E-state index contributed by atoms with van der Waals surface area (Å²) < 4.78 is 26.3. The predicted molar refractivity (Wildman–Crippen MR) is 75.4 cm³/mol. The van der Waals surface area contributed by atoms with Crippen molar-refractivity contribution in [1.82, 2.24) is 19.8 Å². The fraction of sp³-hybridized carbons (Fsp3) is 0.750. The first kappa shape index (κ1) is 16.1. The third-order valence-corrected chi connectivity index (χ3v) is 4.66. The molecule has 0 saturated carbocycles. The Morgan fingerprint density at radius 2 is 2.05 bits per heavy atom. The molecule has 7 heteroatoms. The molecule has 1 aromatic heterocycles. The van der Waals surface area contributed by atoms with E-state index in [1.54, 1.807) is 7.05 Å². The number of hydrogen-bond donors (Lipinski definition) is 2. The zero-order valence-electron chi connectivity index (χ0n) is 12.3. The maximum atomic E-state index is 12.5. The number of aromatic nitrogens is 2. The summed E-state index contributed by atoms with van der Waals surface area (Å²) in [4.78, 5) is 0. The fourth-order valence-electron chi connectivity index (χ4n) is 1.86. The normalized spacial score (nSPS) is 12.6. The summed E-state index contributed by atoms with van der Waals surface area (Å²) in [6, 6.07) is 0. The lowest BCUT2D eigenvalue weighted by Crippen LogP contribution is -2.31. The quantitative estimate of drug-likeness (QED) is 0.787. The number of H-pyrrole nitrogens is 1. The Morgan fingerprint density at radius 1 is 1.42 bits per heavy atom. The smallest absolute Gasteiger partial charge is 0.262 e. The molecule has 0 fully saturated rings. The number of nitrogens with one attached hydrogen (secondary N) is 2. The second-order valence-electron chi connectivity index (χ2n) is 5.09. The van der Waals surface area contributed by atoms with Crippen LogP contribution in [0.3, 0.4) is 0 Å². The highest BCUT2D eigenvalue weighted by Crippen LogP contribution is 2.20. The van der Waals surface area contributed by atoms with Crippen molar-refractivity contribution in [3.05, 3.63) is 11.3 Å². The average molecular weight is 288 g/mol. The molecule has 1 heterocycles. The molecule has 0 radical (unpaired) electrons. The van der Waals surface area contributed by atoms with Gasteiger partial charge in [0.05, 0.1) is 0 Å². The summed E-state index contributed by atoms with van der Waals surface area (Å²) in [5.41, 5.74) is 1.51. The summed E-state index contributed by atoms with van der Waals surface area (Å²) in [7, 11) is -1.93. The van der Waals surface area contributed by atoms with Gasteiger partial charge in [0.2, 0.25) is 0 Å². The maximum Gasteiger partial charge on any atom is 0.262 e. The first-order valence-corrected chi connectivity index (χ1v) is 7.95. The van der Waals surface area contributed by atoms with Crippen LogP contribution in [0.25, 0.3) is 0 Å². The average Bonchev–Trinajstić information content (AvgIpc) is 2.67. The molecule has 0 aliphatic rings. The summed E-state index contributed by atoms with van der Waals surface area (Å²) in [5.74, 6) is 0.275. The zero-order chi connectivity index (χ0) is 14.6. The van der Waals surface area contributed by atoms with Gasteiger partial charge in [-0.15, -0.1) is 0 Å². The molecule has 1 rings (SSSR count). The lowest BCUT2D eigenvalue weighted by atomic mass is 10.2. The van der Waals surface area contributed by atoms with Crippen LogP contribution >= 0.6 is 0 Å². The third-order valence-electron chi connectivity index (χ3n) is 2.86. The number of nitrogens with zero attached hydrogens (tertiary/aromatic N) is 2. The van der Waals surface area contributed by atoms with Crippen molar-refractivity contribution >= 4 is 10.0 Å². The van der Waals surface area contributed by atoms with Crippen LogP contribution in [-0.2, 0) is 16.6 Å². The summed E-state index contributed by atoms with van der Waals surface area (Å²) in [6.07, 6.45) is 0. The van der Waals surface area contributed by atoms with E-state index in [1.807, 2.05) is 27.7 Å². The molecule has 0 amide bonds. The Bertz CT molecular complexity index is 508. The van der Waals surface area contributed by atoms with Crippen molar-refractivity contribution in [1.29, 1.82) is 0 Å². The van der Waals surface area contributed by atoms with Crippen molar-refractivity contribution in [2.24, 2.45) is 5.92 Å². The largest absolute Gasteiger partial charge is 0.313 e. The van der Waals surface area contributed by atoms with Gasteiger partial charge in [-0.25, -0.2) is 8.42 Å². The molecule has 0 bridgehead atoms. The molecule has 110 valence electrons. The Balaban J connectivity index is 3.07.